The summed E-state index contributed by atoms with van der Waals surface area (Å²) in [7, 11) is 0. The molecule has 0 aliphatic carbocycles. The van der Waals surface area contributed by atoms with E-state index in [9.17, 15) is 4.39 Å². The van der Waals surface area contributed by atoms with Crippen LogP contribution in [0.4, 0.5) is 4.39 Å². The monoisotopic (exact) mass is 228 g/mol. The zero-order valence-electron chi connectivity index (χ0n) is 9.14. The highest BCUT2D eigenvalue weighted by molar-refractivity contribution is 5.36. The predicted molar refractivity (Wildman–Crippen MR) is 60.2 cm³/mol. The first-order valence-corrected chi connectivity index (χ1v) is 5.00. The molecule has 0 saturated carbocycles. The van der Waals surface area contributed by atoms with Gasteiger partial charge in [0.05, 0.1) is 0 Å². The molecule has 17 heavy (non-hydrogen) atoms. The van der Waals surface area contributed by atoms with Crippen molar-refractivity contribution in [3.63, 3.8) is 0 Å². The van der Waals surface area contributed by atoms with Gasteiger partial charge in [-0.2, -0.15) is 5.26 Å². The summed E-state index contributed by atoms with van der Waals surface area (Å²) in [6.45, 7) is 1.81. The van der Waals surface area contributed by atoms with E-state index in [1.54, 1.807) is 24.3 Å². The van der Waals surface area contributed by atoms with Gasteiger partial charge in [0, 0.05) is 12.1 Å². The Balaban J connectivity index is 2.31. The van der Waals surface area contributed by atoms with Crippen molar-refractivity contribution in [2.24, 2.45) is 0 Å². The quantitative estimate of drug-likeness (QED) is 0.792. The number of nitrogens with zero attached hydrogens (tertiary/aromatic N) is 2. The molecule has 2 rings (SSSR count). The molecule has 84 valence electrons. The zero-order valence-corrected chi connectivity index (χ0v) is 9.14. The highest BCUT2D eigenvalue weighted by Crippen LogP contribution is 2.24. The maximum atomic E-state index is 13.0. The summed E-state index contributed by atoms with van der Waals surface area (Å²) in [6, 6.07) is 11.0. The number of benzene rings is 1. The van der Waals surface area contributed by atoms with Crippen molar-refractivity contribution < 1.29 is 9.13 Å². The van der Waals surface area contributed by atoms with Crippen LogP contribution < -0.4 is 4.74 Å². The number of nitriles is 1. The van der Waals surface area contributed by atoms with Gasteiger partial charge in [-0.25, -0.2) is 9.37 Å². The van der Waals surface area contributed by atoms with Crippen molar-refractivity contribution in [3.05, 3.63) is 53.5 Å². The van der Waals surface area contributed by atoms with E-state index in [0.29, 0.717) is 5.75 Å². The van der Waals surface area contributed by atoms with Gasteiger partial charge >= 0.3 is 0 Å². The van der Waals surface area contributed by atoms with Crippen LogP contribution in [0.1, 0.15) is 11.3 Å². The van der Waals surface area contributed by atoms with Gasteiger partial charge in [-0.05, 0) is 24.6 Å². The third kappa shape index (κ3) is 2.58. The minimum absolute atomic E-state index is 0.261. The summed E-state index contributed by atoms with van der Waals surface area (Å²) in [5.74, 6) is 0.298. The Morgan fingerprint density at radius 2 is 2.12 bits per heavy atom. The van der Waals surface area contributed by atoms with Gasteiger partial charge in [0.15, 0.2) is 0 Å². The minimum atomic E-state index is -0.373. The molecule has 0 radical (unpaired) electrons. The second-order valence-electron chi connectivity index (χ2n) is 3.48. The van der Waals surface area contributed by atoms with E-state index in [1.165, 1.54) is 12.1 Å². The minimum Gasteiger partial charge on any atom is -0.439 e. The number of pyridine rings is 1. The number of ether oxygens (including phenoxy) is 1. The topological polar surface area (TPSA) is 45.9 Å². The third-order valence-electron chi connectivity index (χ3n) is 2.20. The van der Waals surface area contributed by atoms with Crippen molar-refractivity contribution in [1.82, 2.24) is 4.98 Å². The summed E-state index contributed by atoms with van der Waals surface area (Å²) in [4.78, 5) is 3.95. The van der Waals surface area contributed by atoms with E-state index in [4.69, 9.17) is 10.00 Å². The Hall–Kier alpha value is -2.41. The highest BCUT2D eigenvalue weighted by atomic mass is 19.1. The van der Waals surface area contributed by atoms with Gasteiger partial charge < -0.3 is 4.74 Å². The molecular formula is C13H9FN2O. The summed E-state index contributed by atoms with van der Waals surface area (Å²) in [6.07, 6.45) is 0. The molecule has 0 fully saturated rings. The third-order valence-corrected chi connectivity index (χ3v) is 2.20. The van der Waals surface area contributed by atoms with Crippen LogP contribution in [0.3, 0.4) is 0 Å². The van der Waals surface area contributed by atoms with Crippen LogP contribution in [-0.2, 0) is 0 Å². The maximum absolute atomic E-state index is 13.0. The summed E-state index contributed by atoms with van der Waals surface area (Å²) >= 11 is 0. The van der Waals surface area contributed by atoms with Gasteiger partial charge in [-0.15, -0.1) is 0 Å². The Morgan fingerprint density at radius 3 is 2.88 bits per heavy atom. The van der Waals surface area contributed by atoms with Crippen molar-refractivity contribution in [2.75, 3.05) is 0 Å². The number of halogens is 1. The smallest absolute Gasteiger partial charge is 0.220 e. The first-order chi connectivity index (χ1) is 8.19. The fraction of sp³-hybridized carbons (Fsp3) is 0.0769. The lowest BCUT2D eigenvalue weighted by Crippen LogP contribution is -1.92. The normalized spacial score (nSPS) is 9.71. The first kappa shape index (κ1) is 11.1. The lowest BCUT2D eigenvalue weighted by atomic mass is 10.2. The van der Waals surface area contributed by atoms with Gasteiger partial charge in [-0.1, -0.05) is 12.1 Å². The molecule has 0 saturated heterocycles. The van der Waals surface area contributed by atoms with Crippen LogP contribution in [0.15, 0.2) is 36.4 Å². The van der Waals surface area contributed by atoms with Crippen LogP contribution >= 0.6 is 0 Å². The molecule has 0 aliphatic rings. The standard InChI is InChI=1S/C13H9FN2O/c1-9-5-6-10(14)7-12(9)17-13-4-2-3-11(8-15)16-13/h2-7H,1H3. The molecule has 0 N–H and O–H groups in total. The van der Waals surface area contributed by atoms with E-state index >= 15 is 0 Å². The molecule has 0 amide bonds. The van der Waals surface area contributed by atoms with E-state index < -0.39 is 0 Å². The fourth-order valence-electron chi connectivity index (χ4n) is 1.33. The molecule has 1 heterocycles. The molecule has 0 unspecified atom stereocenters. The van der Waals surface area contributed by atoms with Crippen LogP contribution in [0.25, 0.3) is 0 Å². The summed E-state index contributed by atoms with van der Waals surface area (Å²) in [5.41, 5.74) is 1.06. The molecule has 2 aromatic rings. The number of aryl methyl sites for hydroxylation is 1. The van der Waals surface area contributed by atoms with E-state index in [1.807, 2.05) is 13.0 Å². The summed E-state index contributed by atoms with van der Waals surface area (Å²) in [5, 5.41) is 8.70. The molecule has 0 bridgehead atoms. The second kappa shape index (κ2) is 4.62. The van der Waals surface area contributed by atoms with Crippen LogP contribution in [0.2, 0.25) is 0 Å². The van der Waals surface area contributed by atoms with Crippen molar-refractivity contribution in [1.29, 1.82) is 5.26 Å². The van der Waals surface area contributed by atoms with Crippen molar-refractivity contribution in [2.45, 2.75) is 6.92 Å². The number of aromatic nitrogens is 1. The SMILES string of the molecule is Cc1ccc(F)cc1Oc1cccc(C#N)n1. The predicted octanol–water partition coefficient (Wildman–Crippen LogP) is 3.19. The Morgan fingerprint density at radius 1 is 1.29 bits per heavy atom. The molecule has 1 aromatic carbocycles. The molecule has 0 spiro atoms. The van der Waals surface area contributed by atoms with E-state index in [2.05, 4.69) is 4.98 Å². The Labute approximate surface area is 98.1 Å². The Kier molecular flexibility index (Phi) is 3.01. The summed E-state index contributed by atoms with van der Waals surface area (Å²) < 4.78 is 18.5. The largest absolute Gasteiger partial charge is 0.439 e. The number of hydrogen-bond acceptors (Lipinski definition) is 3. The molecule has 0 atom stereocenters. The fourth-order valence-corrected chi connectivity index (χ4v) is 1.33. The number of hydrogen-bond donors (Lipinski definition) is 0. The second-order valence-corrected chi connectivity index (χ2v) is 3.48. The van der Waals surface area contributed by atoms with Gasteiger partial charge in [0.2, 0.25) is 5.88 Å². The van der Waals surface area contributed by atoms with Crippen LogP contribution in [0.5, 0.6) is 11.6 Å². The average Bonchev–Trinajstić information content (AvgIpc) is 2.34. The average molecular weight is 228 g/mol. The van der Waals surface area contributed by atoms with Crippen molar-refractivity contribution >= 4 is 0 Å². The van der Waals surface area contributed by atoms with E-state index in [0.717, 1.165) is 5.56 Å². The van der Waals surface area contributed by atoms with Crippen molar-refractivity contribution in [3.8, 4) is 17.7 Å². The van der Waals surface area contributed by atoms with Crippen LogP contribution in [0, 0.1) is 24.1 Å². The molecule has 3 nitrogen and oxygen atoms in total. The van der Waals surface area contributed by atoms with Gasteiger partial charge in [0.25, 0.3) is 0 Å². The highest BCUT2D eigenvalue weighted by Gasteiger charge is 2.04. The molecule has 4 heteroatoms. The van der Waals surface area contributed by atoms with Gasteiger partial charge in [0.1, 0.15) is 23.3 Å². The van der Waals surface area contributed by atoms with Gasteiger partial charge in [-0.3, -0.25) is 0 Å². The van der Waals surface area contributed by atoms with E-state index in [-0.39, 0.29) is 17.4 Å². The lowest BCUT2D eigenvalue weighted by Gasteiger charge is -2.07. The van der Waals surface area contributed by atoms with Crippen LogP contribution in [-0.4, -0.2) is 4.98 Å². The number of rotatable bonds is 2. The Bertz CT molecular complexity index is 590. The molecular weight excluding hydrogens is 219 g/mol. The molecule has 0 aliphatic heterocycles. The lowest BCUT2D eigenvalue weighted by molar-refractivity contribution is 0.454. The first-order valence-electron chi connectivity index (χ1n) is 5.00. The molecule has 1 aromatic heterocycles. The maximum Gasteiger partial charge on any atom is 0.220 e. The zero-order chi connectivity index (χ0) is 12.3.